The van der Waals surface area contributed by atoms with Crippen LogP contribution in [0.1, 0.15) is 16.7 Å². The van der Waals surface area contributed by atoms with Crippen molar-refractivity contribution in [1.82, 2.24) is 4.57 Å². The SMILES string of the molecule is Cc1cc(CO)cc(C)c1OCCn1ccccc1=O. The number of pyridine rings is 1. The molecule has 1 heterocycles. The molecule has 0 radical (unpaired) electrons. The van der Waals surface area contributed by atoms with Crippen molar-refractivity contribution in [2.45, 2.75) is 27.0 Å². The molecule has 1 aromatic carbocycles. The van der Waals surface area contributed by atoms with Crippen molar-refractivity contribution in [3.8, 4) is 5.75 Å². The molecule has 0 amide bonds. The van der Waals surface area contributed by atoms with Crippen LogP contribution in [0.25, 0.3) is 0 Å². The Morgan fingerprint density at radius 3 is 2.50 bits per heavy atom. The molecule has 4 nitrogen and oxygen atoms in total. The predicted molar refractivity (Wildman–Crippen MR) is 78.0 cm³/mol. The Morgan fingerprint density at radius 1 is 1.20 bits per heavy atom. The van der Waals surface area contributed by atoms with Gasteiger partial charge < -0.3 is 14.4 Å². The molecule has 4 heteroatoms. The second-order valence-corrected chi connectivity index (χ2v) is 4.80. The molecule has 0 unspecified atom stereocenters. The lowest BCUT2D eigenvalue weighted by Crippen LogP contribution is -2.21. The maximum absolute atomic E-state index is 11.6. The Balaban J connectivity index is 2.05. The van der Waals surface area contributed by atoms with Crippen molar-refractivity contribution in [3.05, 3.63) is 63.6 Å². The van der Waals surface area contributed by atoms with Gasteiger partial charge in [-0.3, -0.25) is 4.79 Å². The summed E-state index contributed by atoms with van der Waals surface area (Å²) in [7, 11) is 0. The molecule has 0 aliphatic carbocycles. The third kappa shape index (κ3) is 3.27. The van der Waals surface area contributed by atoms with Crippen LogP contribution in [0.3, 0.4) is 0 Å². The molecule has 1 aromatic heterocycles. The third-order valence-electron chi connectivity index (χ3n) is 3.18. The molecule has 0 saturated carbocycles. The first kappa shape index (κ1) is 14.3. The van der Waals surface area contributed by atoms with E-state index >= 15 is 0 Å². The molecule has 0 spiro atoms. The molecule has 0 aliphatic rings. The number of aliphatic hydroxyl groups is 1. The summed E-state index contributed by atoms with van der Waals surface area (Å²) in [5.74, 6) is 0.825. The molecule has 0 aliphatic heterocycles. The van der Waals surface area contributed by atoms with Crippen molar-refractivity contribution in [3.63, 3.8) is 0 Å². The average molecular weight is 273 g/mol. The predicted octanol–water partition coefficient (Wildman–Crippen LogP) is 2.04. The summed E-state index contributed by atoms with van der Waals surface area (Å²) in [6, 6.07) is 8.91. The smallest absolute Gasteiger partial charge is 0.250 e. The summed E-state index contributed by atoms with van der Waals surface area (Å²) >= 11 is 0. The summed E-state index contributed by atoms with van der Waals surface area (Å²) < 4.78 is 7.40. The average Bonchev–Trinajstić information content (AvgIpc) is 2.43. The van der Waals surface area contributed by atoms with E-state index in [0.29, 0.717) is 13.2 Å². The maximum Gasteiger partial charge on any atom is 0.250 e. The molecule has 0 atom stereocenters. The van der Waals surface area contributed by atoms with E-state index in [9.17, 15) is 4.79 Å². The number of aliphatic hydroxyl groups excluding tert-OH is 1. The normalized spacial score (nSPS) is 10.6. The van der Waals surface area contributed by atoms with Gasteiger partial charge in [0.2, 0.25) is 0 Å². The number of rotatable bonds is 5. The molecule has 0 bridgehead atoms. The highest BCUT2D eigenvalue weighted by atomic mass is 16.5. The number of benzene rings is 1. The Labute approximate surface area is 118 Å². The van der Waals surface area contributed by atoms with E-state index in [1.54, 1.807) is 16.8 Å². The minimum absolute atomic E-state index is 0.0276. The molecule has 2 aromatic rings. The van der Waals surface area contributed by atoms with Crippen molar-refractivity contribution < 1.29 is 9.84 Å². The van der Waals surface area contributed by atoms with E-state index in [1.807, 2.05) is 32.0 Å². The lowest BCUT2D eigenvalue weighted by molar-refractivity contribution is 0.279. The summed E-state index contributed by atoms with van der Waals surface area (Å²) in [6.07, 6.45) is 1.75. The second-order valence-electron chi connectivity index (χ2n) is 4.80. The van der Waals surface area contributed by atoms with Gasteiger partial charge in [-0.2, -0.15) is 0 Å². The van der Waals surface area contributed by atoms with E-state index < -0.39 is 0 Å². The number of hydrogen-bond donors (Lipinski definition) is 1. The molecule has 0 fully saturated rings. The van der Waals surface area contributed by atoms with Gasteiger partial charge in [0.25, 0.3) is 5.56 Å². The number of aryl methyl sites for hydroxylation is 2. The van der Waals surface area contributed by atoms with Crippen molar-refractivity contribution >= 4 is 0 Å². The fraction of sp³-hybridized carbons (Fsp3) is 0.312. The Morgan fingerprint density at radius 2 is 1.90 bits per heavy atom. The quantitative estimate of drug-likeness (QED) is 0.907. The minimum Gasteiger partial charge on any atom is -0.491 e. The van der Waals surface area contributed by atoms with Crippen LogP contribution in [0, 0.1) is 13.8 Å². The minimum atomic E-state index is -0.0276. The van der Waals surface area contributed by atoms with E-state index in [0.717, 1.165) is 22.4 Å². The van der Waals surface area contributed by atoms with Gasteiger partial charge in [0.05, 0.1) is 13.2 Å². The van der Waals surface area contributed by atoms with Gasteiger partial charge in [0.15, 0.2) is 0 Å². The first-order valence-electron chi connectivity index (χ1n) is 6.61. The lowest BCUT2D eigenvalue weighted by Gasteiger charge is -2.14. The third-order valence-corrected chi connectivity index (χ3v) is 3.18. The van der Waals surface area contributed by atoms with Gasteiger partial charge in [-0.15, -0.1) is 0 Å². The first-order valence-corrected chi connectivity index (χ1v) is 6.61. The Hall–Kier alpha value is -2.07. The summed E-state index contributed by atoms with van der Waals surface area (Å²) in [5.41, 5.74) is 2.84. The Kier molecular flexibility index (Phi) is 4.58. The van der Waals surface area contributed by atoms with Crippen LogP contribution in [0.15, 0.2) is 41.3 Å². The fourth-order valence-electron chi connectivity index (χ4n) is 2.25. The van der Waals surface area contributed by atoms with Crippen LogP contribution < -0.4 is 10.3 Å². The topological polar surface area (TPSA) is 51.5 Å². The zero-order valence-electron chi connectivity index (χ0n) is 11.8. The zero-order valence-corrected chi connectivity index (χ0v) is 11.8. The molecular weight excluding hydrogens is 254 g/mol. The summed E-state index contributed by atoms with van der Waals surface area (Å²) in [4.78, 5) is 11.6. The van der Waals surface area contributed by atoms with Gasteiger partial charge >= 0.3 is 0 Å². The van der Waals surface area contributed by atoms with Crippen molar-refractivity contribution in [2.24, 2.45) is 0 Å². The molecule has 20 heavy (non-hydrogen) atoms. The number of ether oxygens (including phenoxy) is 1. The first-order chi connectivity index (χ1) is 9.61. The van der Waals surface area contributed by atoms with Crippen LogP contribution in [-0.2, 0) is 13.2 Å². The highest BCUT2D eigenvalue weighted by molar-refractivity contribution is 5.43. The number of aromatic nitrogens is 1. The van der Waals surface area contributed by atoms with Crippen LogP contribution in [-0.4, -0.2) is 16.3 Å². The molecule has 1 N–H and O–H groups in total. The largest absolute Gasteiger partial charge is 0.491 e. The van der Waals surface area contributed by atoms with Gasteiger partial charge in [-0.1, -0.05) is 18.2 Å². The molecule has 2 rings (SSSR count). The van der Waals surface area contributed by atoms with Crippen molar-refractivity contribution in [1.29, 1.82) is 0 Å². The molecular formula is C16H19NO3. The van der Waals surface area contributed by atoms with Gasteiger partial charge in [0, 0.05) is 12.3 Å². The second kappa shape index (κ2) is 6.39. The lowest BCUT2D eigenvalue weighted by atomic mass is 10.1. The molecule has 106 valence electrons. The number of nitrogens with zero attached hydrogens (tertiary/aromatic N) is 1. The zero-order chi connectivity index (χ0) is 14.5. The van der Waals surface area contributed by atoms with Gasteiger partial charge in [-0.05, 0) is 36.6 Å². The van der Waals surface area contributed by atoms with Crippen LogP contribution in [0.4, 0.5) is 0 Å². The van der Waals surface area contributed by atoms with E-state index in [1.165, 1.54) is 6.07 Å². The number of hydrogen-bond acceptors (Lipinski definition) is 3. The van der Waals surface area contributed by atoms with Gasteiger partial charge in [-0.25, -0.2) is 0 Å². The monoisotopic (exact) mass is 273 g/mol. The van der Waals surface area contributed by atoms with E-state index in [4.69, 9.17) is 9.84 Å². The Bertz CT molecular complexity index is 623. The van der Waals surface area contributed by atoms with Crippen molar-refractivity contribution in [2.75, 3.05) is 6.61 Å². The fourth-order valence-corrected chi connectivity index (χ4v) is 2.25. The summed E-state index contributed by atoms with van der Waals surface area (Å²) in [5, 5.41) is 9.15. The van der Waals surface area contributed by atoms with Crippen LogP contribution in [0.5, 0.6) is 5.75 Å². The van der Waals surface area contributed by atoms with Crippen LogP contribution >= 0.6 is 0 Å². The summed E-state index contributed by atoms with van der Waals surface area (Å²) in [6.45, 7) is 4.89. The maximum atomic E-state index is 11.6. The van der Waals surface area contributed by atoms with Crippen LogP contribution in [0.2, 0.25) is 0 Å². The molecule has 0 saturated heterocycles. The van der Waals surface area contributed by atoms with E-state index in [-0.39, 0.29) is 12.2 Å². The van der Waals surface area contributed by atoms with Gasteiger partial charge in [0.1, 0.15) is 12.4 Å². The highest BCUT2D eigenvalue weighted by Gasteiger charge is 2.06. The standard InChI is InChI=1S/C16H19NO3/c1-12-9-14(11-18)10-13(2)16(12)20-8-7-17-6-4-3-5-15(17)19/h3-6,9-10,18H,7-8,11H2,1-2H3. The van der Waals surface area contributed by atoms with E-state index in [2.05, 4.69) is 0 Å². The highest BCUT2D eigenvalue weighted by Crippen LogP contribution is 2.24.